The zero-order valence-corrected chi connectivity index (χ0v) is 10.9. The number of nitrogens with two attached hydrogens (primary N) is 1. The van der Waals surface area contributed by atoms with Crippen molar-refractivity contribution in [1.82, 2.24) is 4.98 Å². The Hall–Kier alpha value is -1.48. The van der Waals surface area contributed by atoms with E-state index in [0.29, 0.717) is 0 Å². The van der Waals surface area contributed by atoms with Crippen molar-refractivity contribution in [2.24, 2.45) is 0 Å². The van der Waals surface area contributed by atoms with Gasteiger partial charge in [0.2, 0.25) is 0 Å². The minimum atomic E-state index is 0.725. The van der Waals surface area contributed by atoms with E-state index in [4.69, 9.17) is 5.73 Å². The van der Waals surface area contributed by atoms with Gasteiger partial charge in [0.15, 0.2) is 0 Å². The zero-order chi connectivity index (χ0) is 12.3. The van der Waals surface area contributed by atoms with Crippen molar-refractivity contribution >= 4 is 17.4 Å². The molecule has 0 spiro atoms. The molecule has 17 heavy (non-hydrogen) atoms. The van der Waals surface area contributed by atoms with Crippen molar-refractivity contribution in [3.63, 3.8) is 0 Å². The molecule has 2 N–H and O–H groups in total. The van der Waals surface area contributed by atoms with Crippen LogP contribution in [0.3, 0.4) is 0 Å². The number of aryl methyl sites for hydroxylation is 2. The summed E-state index contributed by atoms with van der Waals surface area (Å²) in [6, 6.07) is 10.4. The lowest BCUT2D eigenvalue weighted by Crippen LogP contribution is -1.92. The summed E-state index contributed by atoms with van der Waals surface area (Å²) in [7, 11) is 0. The first-order chi connectivity index (χ1) is 8.16. The highest BCUT2D eigenvalue weighted by Gasteiger charge is 2.03. The Morgan fingerprint density at radius 1 is 1.18 bits per heavy atom. The monoisotopic (exact) mass is 244 g/mol. The molecule has 1 aromatic carbocycles. The summed E-state index contributed by atoms with van der Waals surface area (Å²) >= 11 is 1.76. The number of anilines is 1. The molecule has 0 aliphatic carbocycles. The Labute approximate surface area is 106 Å². The number of rotatable bonds is 3. The Morgan fingerprint density at radius 3 is 2.65 bits per heavy atom. The molecule has 0 fully saturated rings. The number of nitrogen functional groups attached to an aromatic ring is 1. The Bertz CT molecular complexity index is 523. The molecule has 2 rings (SSSR count). The highest BCUT2D eigenvalue weighted by Crippen LogP contribution is 2.25. The number of nitrogens with zero attached hydrogens (tertiary/aromatic N) is 1. The molecule has 0 radical (unpaired) electrons. The van der Waals surface area contributed by atoms with Crippen molar-refractivity contribution in [2.45, 2.75) is 24.6 Å². The van der Waals surface area contributed by atoms with Crippen LogP contribution in [0.15, 0.2) is 41.6 Å². The summed E-state index contributed by atoms with van der Waals surface area (Å²) in [6.45, 7) is 4.18. The minimum absolute atomic E-state index is 0.725. The lowest BCUT2D eigenvalue weighted by atomic mass is 10.1. The quantitative estimate of drug-likeness (QED) is 0.839. The van der Waals surface area contributed by atoms with E-state index in [1.165, 1.54) is 11.1 Å². The summed E-state index contributed by atoms with van der Waals surface area (Å²) in [5.41, 5.74) is 10.2. The van der Waals surface area contributed by atoms with Crippen molar-refractivity contribution < 1.29 is 0 Å². The first-order valence-electron chi connectivity index (χ1n) is 5.56. The Balaban J connectivity index is 2.10. The van der Waals surface area contributed by atoms with E-state index in [-0.39, 0.29) is 0 Å². The van der Waals surface area contributed by atoms with E-state index in [1.807, 2.05) is 13.0 Å². The van der Waals surface area contributed by atoms with Gasteiger partial charge in [0.05, 0.1) is 16.9 Å². The van der Waals surface area contributed by atoms with Crippen LogP contribution in [0.2, 0.25) is 0 Å². The van der Waals surface area contributed by atoms with Gasteiger partial charge in [-0.1, -0.05) is 24.3 Å². The fourth-order valence-corrected chi connectivity index (χ4v) is 2.68. The molecule has 0 aliphatic rings. The maximum Gasteiger partial charge on any atom is 0.0993 e. The number of hydrogen-bond acceptors (Lipinski definition) is 3. The van der Waals surface area contributed by atoms with Gasteiger partial charge in [-0.15, -0.1) is 11.8 Å². The van der Waals surface area contributed by atoms with Gasteiger partial charge in [-0.2, -0.15) is 0 Å². The second-order valence-corrected chi connectivity index (χ2v) is 5.07. The van der Waals surface area contributed by atoms with Gasteiger partial charge < -0.3 is 5.73 Å². The highest BCUT2D eigenvalue weighted by atomic mass is 32.2. The van der Waals surface area contributed by atoms with Crippen molar-refractivity contribution in [3.8, 4) is 0 Å². The SMILES string of the molecule is Cc1ccccc1CSc1ncc(N)cc1C. The Kier molecular flexibility index (Phi) is 3.69. The van der Waals surface area contributed by atoms with Crippen LogP contribution < -0.4 is 5.73 Å². The average Bonchev–Trinajstić information content (AvgIpc) is 2.30. The fourth-order valence-electron chi connectivity index (χ4n) is 1.65. The molecular weight excluding hydrogens is 228 g/mol. The van der Waals surface area contributed by atoms with E-state index >= 15 is 0 Å². The first kappa shape index (κ1) is 12.0. The lowest BCUT2D eigenvalue weighted by Gasteiger charge is -2.07. The molecule has 0 bridgehead atoms. The molecule has 0 amide bonds. The third-order valence-electron chi connectivity index (χ3n) is 2.68. The van der Waals surface area contributed by atoms with Crippen LogP contribution in [0.1, 0.15) is 16.7 Å². The van der Waals surface area contributed by atoms with Gasteiger partial charge in [0, 0.05) is 5.75 Å². The first-order valence-corrected chi connectivity index (χ1v) is 6.55. The third kappa shape index (κ3) is 3.01. The topological polar surface area (TPSA) is 38.9 Å². The molecule has 1 heterocycles. The molecule has 1 aromatic heterocycles. The summed E-state index contributed by atoms with van der Waals surface area (Å²) in [5.74, 6) is 0.949. The molecule has 88 valence electrons. The molecule has 2 nitrogen and oxygen atoms in total. The number of thioether (sulfide) groups is 1. The number of pyridine rings is 1. The number of hydrogen-bond donors (Lipinski definition) is 1. The molecule has 0 aliphatic heterocycles. The largest absolute Gasteiger partial charge is 0.397 e. The Morgan fingerprint density at radius 2 is 1.94 bits per heavy atom. The number of benzene rings is 1. The smallest absolute Gasteiger partial charge is 0.0993 e. The maximum absolute atomic E-state index is 5.69. The maximum atomic E-state index is 5.69. The van der Waals surface area contributed by atoms with Gasteiger partial charge in [0.25, 0.3) is 0 Å². The molecular formula is C14H16N2S. The normalized spacial score (nSPS) is 10.5. The standard InChI is InChI=1S/C14H16N2S/c1-10-5-3-4-6-12(10)9-17-14-11(2)7-13(15)8-16-14/h3-8H,9,15H2,1-2H3. The van der Waals surface area contributed by atoms with E-state index < -0.39 is 0 Å². The van der Waals surface area contributed by atoms with Crippen LogP contribution in [-0.2, 0) is 5.75 Å². The van der Waals surface area contributed by atoms with E-state index in [0.717, 1.165) is 22.0 Å². The van der Waals surface area contributed by atoms with Crippen molar-refractivity contribution in [3.05, 3.63) is 53.2 Å². The third-order valence-corrected chi connectivity index (χ3v) is 3.83. The lowest BCUT2D eigenvalue weighted by molar-refractivity contribution is 1.08. The second kappa shape index (κ2) is 5.23. The van der Waals surface area contributed by atoms with Crippen LogP contribution in [0.25, 0.3) is 0 Å². The van der Waals surface area contributed by atoms with Crippen LogP contribution in [0.4, 0.5) is 5.69 Å². The van der Waals surface area contributed by atoms with Crippen LogP contribution in [-0.4, -0.2) is 4.98 Å². The summed E-state index contributed by atoms with van der Waals surface area (Å²) in [4.78, 5) is 4.36. The predicted octanol–water partition coefficient (Wildman–Crippen LogP) is 3.57. The van der Waals surface area contributed by atoms with Gasteiger partial charge in [-0.05, 0) is 36.6 Å². The summed E-state index contributed by atoms with van der Waals surface area (Å²) in [5, 5.41) is 1.06. The second-order valence-electron chi connectivity index (χ2n) is 4.11. The van der Waals surface area contributed by atoms with Crippen molar-refractivity contribution in [2.75, 3.05) is 5.73 Å². The van der Waals surface area contributed by atoms with E-state index in [9.17, 15) is 0 Å². The highest BCUT2D eigenvalue weighted by molar-refractivity contribution is 7.98. The van der Waals surface area contributed by atoms with Gasteiger partial charge in [-0.25, -0.2) is 4.98 Å². The van der Waals surface area contributed by atoms with E-state index in [1.54, 1.807) is 18.0 Å². The molecule has 0 unspecified atom stereocenters. The van der Waals surface area contributed by atoms with Crippen LogP contribution in [0, 0.1) is 13.8 Å². The van der Waals surface area contributed by atoms with E-state index in [2.05, 4.69) is 36.2 Å². The minimum Gasteiger partial charge on any atom is -0.397 e. The summed E-state index contributed by atoms with van der Waals surface area (Å²) < 4.78 is 0. The molecule has 0 saturated heterocycles. The van der Waals surface area contributed by atoms with Gasteiger partial charge >= 0.3 is 0 Å². The van der Waals surface area contributed by atoms with Gasteiger partial charge in [0.1, 0.15) is 0 Å². The molecule has 2 aromatic rings. The molecule has 0 saturated carbocycles. The molecule has 3 heteroatoms. The van der Waals surface area contributed by atoms with Crippen LogP contribution in [0.5, 0.6) is 0 Å². The predicted molar refractivity (Wildman–Crippen MR) is 74.1 cm³/mol. The van der Waals surface area contributed by atoms with Crippen molar-refractivity contribution in [1.29, 1.82) is 0 Å². The fraction of sp³-hybridized carbons (Fsp3) is 0.214. The van der Waals surface area contributed by atoms with Crippen LogP contribution >= 0.6 is 11.8 Å². The zero-order valence-electron chi connectivity index (χ0n) is 10.1. The van der Waals surface area contributed by atoms with Gasteiger partial charge in [-0.3, -0.25) is 0 Å². The number of aromatic nitrogens is 1. The average molecular weight is 244 g/mol. The summed E-state index contributed by atoms with van der Waals surface area (Å²) in [6.07, 6.45) is 1.72. The molecule has 0 atom stereocenters.